The van der Waals surface area contributed by atoms with Gasteiger partial charge in [0.05, 0.1) is 36.4 Å². The lowest BCUT2D eigenvalue weighted by atomic mass is 10.1. The summed E-state index contributed by atoms with van der Waals surface area (Å²) in [5.41, 5.74) is 3.79. The number of rotatable bonds is 5. The van der Waals surface area contributed by atoms with Crippen molar-refractivity contribution in [1.29, 1.82) is 5.26 Å². The maximum absolute atomic E-state index is 9.52. The fraction of sp³-hybridized carbons (Fsp3) is 0.483. The van der Waals surface area contributed by atoms with Gasteiger partial charge in [0.2, 0.25) is 0 Å². The highest BCUT2D eigenvalue weighted by Gasteiger charge is 2.30. The van der Waals surface area contributed by atoms with Crippen molar-refractivity contribution in [3.63, 3.8) is 0 Å². The number of benzene rings is 1. The summed E-state index contributed by atoms with van der Waals surface area (Å²) in [5.74, 6) is 0. The number of hydrogen-bond donors (Lipinski definition) is 1. The van der Waals surface area contributed by atoms with Gasteiger partial charge in [0.25, 0.3) is 6.23 Å². The van der Waals surface area contributed by atoms with Crippen LogP contribution in [0.3, 0.4) is 0 Å². The third-order valence-corrected chi connectivity index (χ3v) is 7.81. The lowest BCUT2D eigenvalue weighted by Crippen LogP contribution is -2.54. The average molecular weight is 515 g/mol. The Morgan fingerprint density at radius 1 is 1.08 bits per heavy atom. The molecule has 1 N–H and O–H groups in total. The van der Waals surface area contributed by atoms with Crippen LogP contribution in [0, 0.1) is 11.3 Å². The Morgan fingerprint density at radius 3 is 2.68 bits per heavy atom. The van der Waals surface area contributed by atoms with Crippen molar-refractivity contribution >= 4 is 22.3 Å². The molecule has 198 valence electrons. The molecule has 3 aliphatic rings. The van der Waals surface area contributed by atoms with E-state index in [0.717, 1.165) is 82.1 Å². The van der Waals surface area contributed by atoms with Gasteiger partial charge < -0.3 is 24.6 Å². The first-order valence-corrected chi connectivity index (χ1v) is 13.7. The molecule has 3 aromatic rings. The molecule has 3 aliphatic heterocycles. The second-order valence-electron chi connectivity index (χ2n) is 10.4. The molecular formula is C29H36N7O2+. The molecule has 3 fully saturated rings. The van der Waals surface area contributed by atoms with Crippen molar-refractivity contribution in [2.75, 3.05) is 75.3 Å². The van der Waals surface area contributed by atoms with Crippen LogP contribution in [0.2, 0.25) is 0 Å². The number of anilines is 2. The number of morpholine rings is 2. The van der Waals surface area contributed by atoms with E-state index < -0.39 is 0 Å². The summed E-state index contributed by atoms with van der Waals surface area (Å²) in [6, 6.07) is 14.7. The van der Waals surface area contributed by atoms with Crippen LogP contribution in [-0.4, -0.2) is 87.6 Å². The molecule has 1 aromatic carbocycles. The third kappa shape index (κ3) is 5.31. The number of aromatic nitrogens is 2. The zero-order valence-electron chi connectivity index (χ0n) is 22.0. The van der Waals surface area contributed by atoms with Crippen molar-refractivity contribution in [2.24, 2.45) is 0 Å². The zero-order valence-corrected chi connectivity index (χ0v) is 22.0. The summed E-state index contributed by atoms with van der Waals surface area (Å²) in [4.78, 5) is 11.9. The molecule has 0 bridgehead atoms. The molecule has 6 rings (SSSR count). The number of pyridine rings is 2. The summed E-state index contributed by atoms with van der Waals surface area (Å²) < 4.78 is 14.4. The molecule has 1 unspecified atom stereocenters. The Labute approximate surface area is 224 Å². The Balaban J connectivity index is 1.07. The molecule has 0 radical (unpaired) electrons. The predicted octanol–water partition coefficient (Wildman–Crippen LogP) is 1.93. The fourth-order valence-electron chi connectivity index (χ4n) is 5.92. The molecule has 9 heteroatoms. The SMILES string of the molecule is C[C@@H]1CN(c2ccc(C#N)c3ncccc23)C[C@H](CN2CCN(c3cc[n+](C4CNCCO4)cc3)CC2)O1. The minimum Gasteiger partial charge on any atom is -0.370 e. The first-order valence-electron chi connectivity index (χ1n) is 13.7. The number of nitrogens with zero attached hydrogens (tertiary/aromatic N) is 6. The van der Waals surface area contributed by atoms with E-state index in [-0.39, 0.29) is 18.4 Å². The molecule has 0 aliphatic carbocycles. The van der Waals surface area contributed by atoms with Gasteiger partial charge in [-0.2, -0.15) is 9.83 Å². The Bertz CT molecular complexity index is 1280. The molecule has 9 nitrogen and oxygen atoms in total. The topological polar surface area (TPSA) is 80.8 Å². The molecule has 2 aromatic heterocycles. The van der Waals surface area contributed by atoms with E-state index in [1.165, 1.54) is 5.69 Å². The van der Waals surface area contributed by atoms with E-state index in [4.69, 9.17) is 9.47 Å². The first kappa shape index (κ1) is 25.0. The number of fused-ring (bicyclic) bond motifs is 1. The lowest BCUT2D eigenvalue weighted by molar-refractivity contribution is -0.762. The summed E-state index contributed by atoms with van der Waals surface area (Å²) in [6.45, 7) is 11.3. The molecule has 3 saturated heterocycles. The van der Waals surface area contributed by atoms with Gasteiger partial charge in [-0.1, -0.05) is 0 Å². The second kappa shape index (κ2) is 11.2. The maximum atomic E-state index is 9.52. The van der Waals surface area contributed by atoms with Crippen molar-refractivity contribution in [3.8, 4) is 6.07 Å². The summed E-state index contributed by atoms with van der Waals surface area (Å²) in [5, 5.41) is 13.9. The van der Waals surface area contributed by atoms with E-state index in [0.29, 0.717) is 5.56 Å². The molecule has 0 amide bonds. The fourth-order valence-corrected chi connectivity index (χ4v) is 5.92. The standard InChI is InChI=1S/C29H36N7O2/c1-22-19-36(27-5-4-23(17-30)29-26(27)3-2-8-32-29)21-25(38-22)20-33-12-14-34(15-13-33)24-6-10-35(11-7-24)28-18-31-9-16-37-28/h2-8,10-11,22,25,28,31H,9,12-16,18-21H2,1H3/q+1/t22-,25+,28?/m1/s1. The van der Waals surface area contributed by atoms with E-state index in [2.05, 4.69) is 79.2 Å². The second-order valence-corrected chi connectivity index (χ2v) is 10.4. The molecule has 38 heavy (non-hydrogen) atoms. The smallest absolute Gasteiger partial charge is 0.275 e. The van der Waals surface area contributed by atoms with Crippen LogP contribution < -0.4 is 19.7 Å². The van der Waals surface area contributed by atoms with Gasteiger partial charge in [0.15, 0.2) is 12.4 Å². The number of piperazine rings is 1. The Hall–Kier alpha value is -3.29. The highest BCUT2D eigenvalue weighted by atomic mass is 16.5. The van der Waals surface area contributed by atoms with Crippen molar-refractivity contribution in [3.05, 3.63) is 60.6 Å². The van der Waals surface area contributed by atoms with Gasteiger partial charge in [-0.3, -0.25) is 9.88 Å². The monoisotopic (exact) mass is 514 g/mol. The van der Waals surface area contributed by atoms with Crippen LogP contribution in [-0.2, 0) is 9.47 Å². The molecule has 3 atom stereocenters. The summed E-state index contributed by atoms with van der Waals surface area (Å²) in [7, 11) is 0. The largest absolute Gasteiger partial charge is 0.370 e. The Morgan fingerprint density at radius 2 is 1.92 bits per heavy atom. The van der Waals surface area contributed by atoms with Crippen molar-refractivity contribution < 1.29 is 14.0 Å². The highest BCUT2D eigenvalue weighted by Crippen LogP contribution is 2.30. The van der Waals surface area contributed by atoms with Crippen LogP contribution in [0.4, 0.5) is 11.4 Å². The van der Waals surface area contributed by atoms with Crippen LogP contribution in [0.1, 0.15) is 18.7 Å². The predicted molar refractivity (Wildman–Crippen MR) is 146 cm³/mol. The van der Waals surface area contributed by atoms with Gasteiger partial charge in [0.1, 0.15) is 6.07 Å². The van der Waals surface area contributed by atoms with Crippen LogP contribution in [0.5, 0.6) is 0 Å². The molecular weight excluding hydrogens is 478 g/mol. The van der Waals surface area contributed by atoms with Crippen molar-refractivity contribution in [2.45, 2.75) is 25.4 Å². The average Bonchev–Trinajstić information content (AvgIpc) is 2.97. The summed E-state index contributed by atoms with van der Waals surface area (Å²) >= 11 is 0. The van der Waals surface area contributed by atoms with Crippen LogP contribution in [0.15, 0.2) is 55.0 Å². The maximum Gasteiger partial charge on any atom is 0.275 e. The van der Waals surface area contributed by atoms with Crippen LogP contribution in [0.25, 0.3) is 10.9 Å². The van der Waals surface area contributed by atoms with Crippen molar-refractivity contribution in [1.82, 2.24) is 15.2 Å². The van der Waals surface area contributed by atoms with Gasteiger partial charge in [-0.15, -0.1) is 0 Å². The zero-order chi connectivity index (χ0) is 25.9. The first-order chi connectivity index (χ1) is 18.7. The number of hydrogen-bond acceptors (Lipinski definition) is 8. The van der Waals surface area contributed by atoms with E-state index in [9.17, 15) is 5.26 Å². The number of ether oxygens (including phenoxy) is 2. The van der Waals surface area contributed by atoms with Gasteiger partial charge in [0, 0.05) is 87.4 Å². The molecule has 0 spiro atoms. The van der Waals surface area contributed by atoms with Gasteiger partial charge in [-0.25, -0.2) is 0 Å². The third-order valence-electron chi connectivity index (χ3n) is 7.81. The minimum atomic E-state index is 0.0747. The van der Waals surface area contributed by atoms with Gasteiger partial charge >= 0.3 is 0 Å². The van der Waals surface area contributed by atoms with E-state index >= 15 is 0 Å². The minimum absolute atomic E-state index is 0.0747. The van der Waals surface area contributed by atoms with Crippen LogP contribution >= 0.6 is 0 Å². The number of nitriles is 1. The van der Waals surface area contributed by atoms with E-state index in [1.807, 2.05) is 12.1 Å². The molecule has 0 saturated carbocycles. The Kier molecular flexibility index (Phi) is 7.38. The highest BCUT2D eigenvalue weighted by molar-refractivity contribution is 5.95. The summed E-state index contributed by atoms with van der Waals surface area (Å²) in [6.07, 6.45) is 6.36. The normalized spacial score (nSPS) is 24.9. The lowest BCUT2D eigenvalue weighted by Gasteiger charge is -2.42. The quantitative estimate of drug-likeness (QED) is 0.518. The molecule has 5 heterocycles. The number of nitrogens with one attached hydrogen (secondary N) is 1. The van der Waals surface area contributed by atoms with Gasteiger partial charge in [-0.05, 0) is 31.2 Å². The van der Waals surface area contributed by atoms with E-state index in [1.54, 1.807) is 6.20 Å².